The molecule has 0 radical (unpaired) electrons. The zero-order valence-corrected chi connectivity index (χ0v) is 13.5. The zero-order valence-electron chi connectivity index (χ0n) is 13.5. The summed E-state index contributed by atoms with van der Waals surface area (Å²) in [5.74, 6) is 0. The number of hydrogen-bond acceptors (Lipinski definition) is 2. The lowest BCUT2D eigenvalue weighted by molar-refractivity contribution is 0.0218. The summed E-state index contributed by atoms with van der Waals surface area (Å²) in [6.45, 7) is 17.9. The Labute approximate surface area is 115 Å². The molecule has 0 aromatic carbocycles. The molecular formula is C16H34N2. The number of likely N-dealkylation sites (tertiary alicyclic amines) is 1. The summed E-state index contributed by atoms with van der Waals surface area (Å²) in [7, 11) is 0. The van der Waals surface area contributed by atoms with Crippen LogP contribution in [0.25, 0.3) is 0 Å². The van der Waals surface area contributed by atoms with Crippen LogP contribution in [-0.2, 0) is 0 Å². The number of piperidine rings is 1. The van der Waals surface area contributed by atoms with Gasteiger partial charge in [0.25, 0.3) is 0 Å². The Kier molecular flexibility index (Phi) is 5.67. The first kappa shape index (κ1) is 16.0. The van der Waals surface area contributed by atoms with Crippen LogP contribution in [0.1, 0.15) is 67.2 Å². The van der Waals surface area contributed by atoms with Gasteiger partial charge >= 0.3 is 0 Å². The van der Waals surface area contributed by atoms with Crippen molar-refractivity contribution in [3.63, 3.8) is 0 Å². The van der Waals surface area contributed by atoms with Crippen LogP contribution >= 0.6 is 0 Å². The SMILES string of the molecule is CCCNC(C(C)(C)C)C(C)(C)N1CCCCC1. The minimum atomic E-state index is 0.244. The lowest BCUT2D eigenvalue weighted by Gasteiger charge is -2.51. The molecule has 2 heteroatoms. The highest BCUT2D eigenvalue weighted by atomic mass is 15.2. The second-order valence-electron chi connectivity index (χ2n) is 7.45. The predicted octanol–water partition coefficient (Wildman–Crippen LogP) is 3.67. The van der Waals surface area contributed by atoms with Gasteiger partial charge in [0, 0.05) is 11.6 Å². The number of nitrogens with one attached hydrogen (secondary N) is 1. The molecule has 0 saturated carbocycles. The molecule has 1 N–H and O–H groups in total. The van der Waals surface area contributed by atoms with Crippen molar-refractivity contribution in [2.45, 2.75) is 78.8 Å². The highest BCUT2D eigenvalue weighted by molar-refractivity contribution is 5.00. The summed E-state index contributed by atoms with van der Waals surface area (Å²) in [4.78, 5) is 2.70. The minimum Gasteiger partial charge on any atom is -0.312 e. The van der Waals surface area contributed by atoms with E-state index in [9.17, 15) is 0 Å². The number of rotatable bonds is 5. The van der Waals surface area contributed by atoms with Crippen molar-refractivity contribution in [1.29, 1.82) is 0 Å². The van der Waals surface area contributed by atoms with E-state index in [1.165, 1.54) is 38.8 Å². The number of nitrogens with zero attached hydrogens (tertiary/aromatic N) is 1. The van der Waals surface area contributed by atoms with E-state index >= 15 is 0 Å². The highest BCUT2D eigenvalue weighted by Gasteiger charge is 2.41. The zero-order chi connectivity index (χ0) is 13.8. The summed E-state index contributed by atoms with van der Waals surface area (Å²) in [5, 5.41) is 3.81. The van der Waals surface area contributed by atoms with Crippen LogP contribution < -0.4 is 5.32 Å². The molecule has 1 heterocycles. The van der Waals surface area contributed by atoms with Crippen molar-refractivity contribution in [3.05, 3.63) is 0 Å². The Morgan fingerprint density at radius 3 is 2.00 bits per heavy atom. The molecule has 1 aliphatic rings. The summed E-state index contributed by atoms with van der Waals surface area (Å²) in [5.41, 5.74) is 0.546. The van der Waals surface area contributed by atoms with Gasteiger partial charge in [-0.25, -0.2) is 0 Å². The third-order valence-electron chi connectivity index (χ3n) is 4.34. The summed E-state index contributed by atoms with van der Waals surface area (Å²) in [6, 6.07) is 0.544. The fourth-order valence-electron chi connectivity index (χ4n) is 3.56. The van der Waals surface area contributed by atoms with Gasteiger partial charge in [-0.05, 0) is 58.2 Å². The van der Waals surface area contributed by atoms with Gasteiger partial charge in [0.2, 0.25) is 0 Å². The molecule has 0 amide bonds. The van der Waals surface area contributed by atoms with Gasteiger partial charge in [-0.1, -0.05) is 34.1 Å². The van der Waals surface area contributed by atoms with Crippen LogP contribution in [0.3, 0.4) is 0 Å². The van der Waals surface area contributed by atoms with Gasteiger partial charge in [-0.15, -0.1) is 0 Å². The lowest BCUT2D eigenvalue weighted by Crippen LogP contribution is -2.63. The van der Waals surface area contributed by atoms with Crippen LogP contribution in [0.5, 0.6) is 0 Å². The fraction of sp³-hybridized carbons (Fsp3) is 1.00. The van der Waals surface area contributed by atoms with E-state index in [0.717, 1.165) is 6.54 Å². The first-order valence-electron chi connectivity index (χ1n) is 7.78. The van der Waals surface area contributed by atoms with Gasteiger partial charge in [-0.3, -0.25) is 4.90 Å². The van der Waals surface area contributed by atoms with Gasteiger partial charge in [-0.2, -0.15) is 0 Å². The van der Waals surface area contributed by atoms with E-state index < -0.39 is 0 Å². The van der Waals surface area contributed by atoms with E-state index in [-0.39, 0.29) is 5.54 Å². The average molecular weight is 254 g/mol. The maximum absolute atomic E-state index is 3.81. The first-order valence-corrected chi connectivity index (χ1v) is 7.78. The summed E-state index contributed by atoms with van der Waals surface area (Å²) >= 11 is 0. The van der Waals surface area contributed by atoms with E-state index in [2.05, 4.69) is 51.8 Å². The summed E-state index contributed by atoms with van der Waals surface area (Å²) < 4.78 is 0. The molecule has 18 heavy (non-hydrogen) atoms. The Morgan fingerprint density at radius 1 is 1.00 bits per heavy atom. The fourth-order valence-corrected chi connectivity index (χ4v) is 3.56. The second-order valence-corrected chi connectivity index (χ2v) is 7.45. The third kappa shape index (κ3) is 3.96. The normalized spacial score (nSPS) is 21.0. The quantitative estimate of drug-likeness (QED) is 0.805. The monoisotopic (exact) mass is 254 g/mol. The Morgan fingerprint density at radius 2 is 1.56 bits per heavy atom. The topological polar surface area (TPSA) is 15.3 Å². The molecule has 0 bridgehead atoms. The van der Waals surface area contributed by atoms with Crippen molar-refractivity contribution in [3.8, 4) is 0 Å². The van der Waals surface area contributed by atoms with Crippen LogP contribution in [0, 0.1) is 5.41 Å². The lowest BCUT2D eigenvalue weighted by atomic mass is 9.74. The average Bonchev–Trinajstić information content (AvgIpc) is 2.28. The molecule has 1 atom stereocenters. The van der Waals surface area contributed by atoms with Gasteiger partial charge in [0.15, 0.2) is 0 Å². The minimum absolute atomic E-state index is 0.244. The van der Waals surface area contributed by atoms with E-state index in [1.807, 2.05) is 0 Å². The van der Waals surface area contributed by atoms with Gasteiger partial charge in [0.1, 0.15) is 0 Å². The van der Waals surface area contributed by atoms with Gasteiger partial charge < -0.3 is 5.32 Å². The molecule has 0 spiro atoms. The van der Waals surface area contributed by atoms with Crippen molar-refractivity contribution >= 4 is 0 Å². The number of hydrogen-bond donors (Lipinski definition) is 1. The highest BCUT2D eigenvalue weighted by Crippen LogP contribution is 2.33. The molecule has 0 aromatic rings. The van der Waals surface area contributed by atoms with Crippen LogP contribution in [0.4, 0.5) is 0 Å². The molecule has 1 fully saturated rings. The summed E-state index contributed by atoms with van der Waals surface area (Å²) in [6.07, 6.45) is 5.36. The molecule has 1 unspecified atom stereocenters. The third-order valence-corrected chi connectivity index (χ3v) is 4.34. The smallest absolute Gasteiger partial charge is 0.0311 e. The molecule has 0 aromatic heterocycles. The molecule has 1 rings (SSSR count). The molecular weight excluding hydrogens is 220 g/mol. The Balaban J connectivity index is 2.80. The van der Waals surface area contributed by atoms with Crippen molar-refractivity contribution in [1.82, 2.24) is 10.2 Å². The maximum atomic E-state index is 3.81. The molecule has 2 nitrogen and oxygen atoms in total. The molecule has 0 aliphatic carbocycles. The Hall–Kier alpha value is -0.0800. The molecule has 1 saturated heterocycles. The Bertz CT molecular complexity index is 234. The van der Waals surface area contributed by atoms with Crippen molar-refractivity contribution in [2.75, 3.05) is 19.6 Å². The van der Waals surface area contributed by atoms with E-state index in [0.29, 0.717) is 11.5 Å². The van der Waals surface area contributed by atoms with E-state index in [4.69, 9.17) is 0 Å². The maximum Gasteiger partial charge on any atom is 0.0311 e. The molecule has 108 valence electrons. The van der Waals surface area contributed by atoms with Crippen LogP contribution in [0.15, 0.2) is 0 Å². The molecule has 1 aliphatic heterocycles. The van der Waals surface area contributed by atoms with E-state index in [1.54, 1.807) is 0 Å². The van der Waals surface area contributed by atoms with Crippen LogP contribution in [0.2, 0.25) is 0 Å². The predicted molar refractivity (Wildman–Crippen MR) is 81.0 cm³/mol. The van der Waals surface area contributed by atoms with Gasteiger partial charge in [0.05, 0.1) is 0 Å². The standard InChI is InChI=1S/C16H34N2/c1-7-11-17-14(15(2,3)4)16(5,6)18-12-9-8-10-13-18/h14,17H,7-13H2,1-6H3. The van der Waals surface area contributed by atoms with Crippen molar-refractivity contribution in [2.24, 2.45) is 5.41 Å². The second kappa shape index (κ2) is 6.38. The largest absolute Gasteiger partial charge is 0.312 e. The van der Waals surface area contributed by atoms with Crippen LogP contribution in [-0.4, -0.2) is 36.1 Å². The van der Waals surface area contributed by atoms with Crippen molar-refractivity contribution < 1.29 is 0 Å². The first-order chi connectivity index (χ1) is 8.30.